The average molecular weight is 578 g/mol. The second-order valence-corrected chi connectivity index (χ2v) is 13.4. The number of amides is 4. The number of likely N-dealkylation sites (tertiary alicyclic amines) is 1. The molecule has 2 saturated heterocycles. The predicted octanol–water partition coefficient (Wildman–Crippen LogP) is 1.17. The third-order valence-electron chi connectivity index (χ3n) is 6.82. The lowest BCUT2D eigenvalue weighted by Crippen LogP contribution is -2.52. The number of benzene rings is 1. The second-order valence-electron chi connectivity index (χ2n) is 10.1. The van der Waals surface area contributed by atoms with Crippen LogP contribution < -0.4 is 16.0 Å². The second kappa shape index (κ2) is 14.2. The molecule has 0 bridgehead atoms. The van der Waals surface area contributed by atoms with Crippen LogP contribution in [-0.4, -0.2) is 101 Å². The molecule has 2 aliphatic heterocycles. The van der Waals surface area contributed by atoms with Gasteiger partial charge in [-0.05, 0) is 43.4 Å². The number of hydrogen-bond donors (Lipinski definition) is 3. The molecule has 2 aliphatic rings. The van der Waals surface area contributed by atoms with Gasteiger partial charge in [-0.15, -0.1) is 23.5 Å². The van der Waals surface area contributed by atoms with E-state index in [0.29, 0.717) is 24.8 Å². The molecule has 0 radical (unpaired) electrons. The summed E-state index contributed by atoms with van der Waals surface area (Å²) in [5.41, 5.74) is 0.598. The molecule has 4 amide bonds. The summed E-state index contributed by atoms with van der Waals surface area (Å²) in [7, 11) is 5.09. The van der Waals surface area contributed by atoms with Crippen LogP contribution in [-0.2, 0) is 24.0 Å². The van der Waals surface area contributed by atoms with E-state index in [1.807, 2.05) is 42.4 Å². The lowest BCUT2D eigenvalue weighted by molar-refractivity contribution is -0.141. The van der Waals surface area contributed by atoms with Gasteiger partial charge in [0.05, 0.1) is 22.7 Å². The molecule has 1 aromatic carbocycles. The normalized spacial score (nSPS) is 20.1. The fourth-order valence-corrected chi connectivity index (χ4v) is 8.24. The number of carbonyl (C=O) groups excluding carboxylic acids is 5. The third-order valence-corrected chi connectivity index (χ3v) is 10.2. The molecule has 3 atom stereocenters. The van der Waals surface area contributed by atoms with Crippen LogP contribution in [0.15, 0.2) is 30.3 Å². The molecule has 3 rings (SSSR count). The van der Waals surface area contributed by atoms with Crippen LogP contribution in [0.3, 0.4) is 0 Å². The summed E-state index contributed by atoms with van der Waals surface area (Å²) in [5, 5.41) is 7.78. The van der Waals surface area contributed by atoms with Gasteiger partial charge in [-0.2, -0.15) is 0 Å². The van der Waals surface area contributed by atoms with Crippen molar-refractivity contribution in [2.24, 2.45) is 0 Å². The number of nitrogens with one attached hydrogen (secondary N) is 3. The number of nitrogens with zero attached hydrogens (tertiary/aromatic N) is 2. The minimum Gasteiger partial charge on any atom is -0.347 e. The van der Waals surface area contributed by atoms with E-state index in [9.17, 15) is 24.0 Å². The van der Waals surface area contributed by atoms with Gasteiger partial charge in [0, 0.05) is 20.6 Å². The van der Waals surface area contributed by atoms with E-state index >= 15 is 0 Å². The van der Waals surface area contributed by atoms with Crippen LogP contribution in [0.1, 0.15) is 44.2 Å². The first kappa shape index (κ1) is 31.0. The highest BCUT2D eigenvalue weighted by Crippen LogP contribution is 2.49. The molecule has 3 N–H and O–H groups in total. The van der Waals surface area contributed by atoms with E-state index in [1.165, 1.54) is 4.90 Å². The highest BCUT2D eigenvalue weighted by Gasteiger charge is 2.47. The Labute approximate surface area is 238 Å². The van der Waals surface area contributed by atoms with Crippen LogP contribution >= 0.6 is 23.5 Å². The summed E-state index contributed by atoms with van der Waals surface area (Å²) in [6.07, 6.45) is 2.75. The van der Waals surface area contributed by atoms with E-state index in [2.05, 4.69) is 16.0 Å². The van der Waals surface area contributed by atoms with E-state index in [1.54, 1.807) is 44.4 Å². The molecular weight excluding hydrogens is 538 g/mol. The van der Waals surface area contributed by atoms with Crippen LogP contribution in [0.4, 0.5) is 0 Å². The maximum Gasteiger partial charge on any atom is 0.290 e. The molecule has 1 aromatic rings. The summed E-state index contributed by atoms with van der Waals surface area (Å²) in [6, 6.07) is 6.50. The largest absolute Gasteiger partial charge is 0.347 e. The Hall–Kier alpha value is -2.57. The van der Waals surface area contributed by atoms with Crippen molar-refractivity contribution in [3.63, 3.8) is 0 Å². The number of likely N-dealkylation sites (N-methyl/N-ethyl adjacent to an activating group) is 2. The lowest BCUT2D eigenvalue weighted by Gasteiger charge is -2.31. The smallest absolute Gasteiger partial charge is 0.290 e. The molecule has 214 valence electrons. The van der Waals surface area contributed by atoms with Crippen molar-refractivity contribution in [1.29, 1.82) is 0 Å². The van der Waals surface area contributed by atoms with Crippen molar-refractivity contribution in [2.75, 3.05) is 45.7 Å². The average Bonchev–Trinajstić information content (AvgIpc) is 3.24. The highest BCUT2D eigenvalue weighted by molar-refractivity contribution is 8.18. The third kappa shape index (κ3) is 8.21. The Kier molecular flexibility index (Phi) is 11.3. The molecule has 0 aromatic heterocycles. The molecule has 0 saturated carbocycles. The Morgan fingerprint density at radius 3 is 2.36 bits per heavy atom. The number of Topliss-reactive ketones (excluding diaryl/α,β-unsaturated/α-hetero) is 1. The fourth-order valence-electron chi connectivity index (χ4n) is 4.76. The van der Waals surface area contributed by atoms with E-state index in [0.717, 1.165) is 24.5 Å². The van der Waals surface area contributed by atoms with E-state index in [-0.39, 0.29) is 21.9 Å². The molecule has 12 heteroatoms. The van der Waals surface area contributed by atoms with Gasteiger partial charge in [0.2, 0.25) is 23.5 Å². The zero-order valence-corrected chi connectivity index (χ0v) is 24.7. The lowest BCUT2D eigenvalue weighted by atomic mass is 10.0. The van der Waals surface area contributed by atoms with Gasteiger partial charge in [-0.25, -0.2) is 0 Å². The minimum absolute atomic E-state index is 0.00439. The van der Waals surface area contributed by atoms with E-state index < -0.39 is 36.2 Å². The van der Waals surface area contributed by atoms with Crippen molar-refractivity contribution in [2.45, 2.75) is 54.8 Å². The zero-order chi connectivity index (χ0) is 28.6. The molecule has 2 heterocycles. The molecule has 1 unspecified atom stereocenters. The quantitative estimate of drug-likeness (QED) is 0.335. The van der Waals surface area contributed by atoms with Gasteiger partial charge in [-0.3, -0.25) is 28.9 Å². The first-order chi connectivity index (χ1) is 18.6. The summed E-state index contributed by atoms with van der Waals surface area (Å²) in [4.78, 5) is 67.5. The van der Waals surface area contributed by atoms with Gasteiger partial charge in [0.1, 0.15) is 6.04 Å². The topological polar surface area (TPSA) is 128 Å². The van der Waals surface area contributed by atoms with Gasteiger partial charge in [-0.1, -0.05) is 43.7 Å². The Morgan fingerprint density at radius 1 is 1.08 bits per heavy atom. The SMILES string of the molecule is CCCC(NC(=O)[C@@H]1CC2(CN1C)SCCCS2)C(=O)C(=O)NCC(=O)N[C@H](C(=O)N(C)C)c1ccccc1. The van der Waals surface area contributed by atoms with Crippen LogP contribution in [0, 0.1) is 0 Å². The minimum atomic E-state index is -0.977. The van der Waals surface area contributed by atoms with Crippen molar-refractivity contribution < 1.29 is 24.0 Å². The monoisotopic (exact) mass is 577 g/mol. The molecule has 2 fully saturated rings. The maximum atomic E-state index is 13.2. The van der Waals surface area contributed by atoms with Crippen LogP contribution in [0.5, 0.6) is 0 Å². The van der Waals surface area contributed by atoms with Crippen molar-refractivity contribution in [1.82, 2.24) is 25.8 Å². The molecule has 39 heavy (non-hydrogen) atoms. The summed E-state index contributed by atoms with van der Waals surface area (Å²) < 4.78 is -0.00439. The standard InChI is InChI=1S/C27H39N5O5S2/c1-5-10-19(29-24(35)20-15-27(17-32(20)4)38-13-9-14-39-27)23(34)25(36)28-16-21(33)30-22(26(37)31(2)3)18-11-7-6-8-12-18/h6-8,11-12,19-20,22H,5,9-10,13-17H2,1-4H3,(H,28,36)(H,29,35)(H,30,33)/t19?,20-,22-/m0/s1. The predicted molar refractivity (Wildman–Crippen MR) is 154 cm³/mol. The number of rotatable bonds is 11. The molecule has 1 spiro atoms. The number of ketones is 1. The van der Waals surface area contributed by atoms with Crippen molar-refractivity contribution >= 4 is 52.9 Å². The molecular formula is C27H39N5O5S2. The van der Waals surface area contributed by atoms with E-state index in [4.69, 9.17) is 0 Å². The zero-order valence-electron chi connectivity index (χ0n) is 23.0. The van der Waals surface area contributed by atoms with Gasteiger partial charge >= 0.3 is 0 Å². The van der Waals surface area contributed by atoms with Crippen molar-refractivity contribution in [3.8, 4) is 0 Å². The summed E-state index contributed by atoms with van der Waals surface area (Å²) in [6.45, 7) is 2.18. The Balaban J connectivity index is 1.56. The van der Waals surface area contributed by atoms with Gasteiger partial charge in [0.25, 0.3) is 5.91 Å². The maximum absolute atomic E-state index is 13.2. The van der Waals surface area contributed by atoms with Crippen LogP contribution in [0.25, 0.3) is 0 Å². The van der Waals surface area contributed by atoms with Gasteiger partial charge in [0.15, 0.2) is 0 Å². The summed E-state index contributed by atoms with van der Waals surface area (Å²) in [5.74, 6) is -0.785. The Bertz CT molecular complexity index is 1050. The number of carbonyl (C=O) groups is 5. The number of thioether (sulfide) groups is 2. The summed E-state index contributed by atoms with van der Waals surface area (Å²) >= 11 is 3.80. The van der Waals surface area contributed by atoms with Crippen LogP contribution in [0.2, 0.25) is 0 Å². The number of hydrogen-bond acceptors (Lipinski definition) is 8. The first-order valence-electron chi connectivity index (χ1n) is 13.2. The fraction of sp³-hybridized carbons (Fsp3) is 0.593. The van der Waals surface area contributed by atoms with Crippen molar-refractivity contribution in [3.05, 3.63) is 35.9 Å². The van der Waals surface area contributed by atoms with Gasteiger partial charge < -0.3 is 20.9 Å². The first-order valence-corrected chi connectivity index (χ1v) is 15.2. The molecule has 0 aliphatic carbocycles. The Morgan fingerprint density at radius 2 is 1.74 bits per heavy atom. The highest BCUT2D eigenvalue weighted by atomic mass is 32.2. The molecule has 10 nitrogen and oxygen atoms in total.